The largest absolute Gasteiger partial charge is 0.467 e. The predicted octanol–water partition coefficient (Wildman–Crippen LogP) is 1.94. The molecule has 0 aliphatic heterocycles. The monoisotopic (exact) mass is 247 g/mol. The summed E-state index contributed by atoms with van der Waals surface area (Å²) in [4.78, 5) is 24.9. The van der Waals surface area contributed by atoms with Crippen LogP contribution in [0, 0.1) is 0 Å². The Labute approximate surface area is 107 Å². The lowest BCUT2D eigenvalue weighted by molar-refractivity contribution is -0.152. The summed E-state index contributed by atoms with van der Waals surface area (Å²) in [6.07, 6.45) is 1.58. The van der Waals surface area contributed by atoms with Crippen LogP contribution in [0.4, 0.5) is 0 Å². The lowest BCUT2D eigenvalue weighted by Crippen LogP contribution is -2.38. The summed E-state index contributed by atoms with van der Waals surface area (Å²) in [6, 6.07) is 8.34. The Morgan fingerprint density at radius 2 is 2.00 bits per heavy atom. The number of nitrogens with zero attached hydrogens (tertiary/aromatic N) is 1. The number of hydrogen-bond donors (Lipinski definition) is 0. The lowest BCUT2D eigenvalue weighted by atomic mass is 10.1. The molecular weight excluding hydrogens is 230 g/mol. The van der Waals surface area contributed by atoms with Gasteiger partial charge in [0.1, 0.15) is 0 Å². The van der Waals surface area contributed by atoms with Crippen LogP contribution in [0.2, 0.25) is 0 Å². The Morgan fingerprint density at radius 1 is 1.39 bits per heavy atom. The van der Waals surface area contributed by atoms with Crippen molar-refractivity contribution in [1.29, 1.82) is 0 Å². The summed E-state index contributed by atoms with van der Waals surface area (Å²) in [6.45, 7) is 5.31. The van der Waals surface area contributed by atoms with Gasteiger partial charge < -0.3 is 9.64 Å². The summed E-state index contributed by atoms with van der Waals surface area (Å²) in [5.41, 5.74) is 0.724. The molecule has 0 fully saturated rings. The van der Waals surface area contributed by atoms with Crippen molar-refractivity contribution in [3.05, 3.63) is 48.6 Å². The quantitative estimate of drug-likeness (QED) is 0.590. The van der Waals surface area contributed by atoms with Crippen molar-refractivity contribution in [1.82, 2.24) is 4.90 Å². The molecule has 4 heteroatoms. The van der Waals surface area contributed by atoms with E-state index in [0.717, 1.165) is 5.56 Å². The molecule has 0 heterocycles. The van der Waals surface area contributed by atoms with Crippen LogP contribution < -0.4 is 0 Å². The van der Waals surface area contributed by atoms with Crippen molar-refractivity contribution >= 4 is 11.9 Å². The van der Waals surface area contributed by atoms with Gasteiger partial charge in [-0.25, -0.2) is 4.79 Å². The molecule has 96 valence electrons. The number of methoxy groups -OCH3 is 1. The maximum absolute atomic E-state index is 11.9. The number of carbonyl (C=O) groups excluding carboxylic acids is 2. The molecule has 1 aromatic rings. The van der Waals surface area contributed by atoms with E-state index in [9.17, 15) is 9.59 Å². The zero-order valence-electron chi connectivity index (χ0n) is 10.6. The van der Waals surface area contributed by atoms with E-state index in [0.29, 0.717) is 6.54 Å². The highest BCUT2D eigenvalue weighted by atomic mass is 16.5. The number of hydrogen-bond acceptors (Lipinski definition) is 3. The average molecular weight is 247 g/mol. The summed E-state index contributed by atoms with van der Waals surface area (Å²) in [7, 11) is 1.31. The smallest absolute Gasteiger partial charge is 0.333 e. The normalized spacial score (nSPS) is 11.4. The van der Waals surface area contributed by atoms with E-state index in [-0.39, 0.29) is 5.91 Å². The van der Waals surface area contributed by atoms with Crippen molar-refractivity contribution in [2.75, 3.05) is 13.7 Å². The van der Waals surface area contributed by atoms with Gasteiger partial charge in [-0.05, 0) is 5.56 Å². The molecule has 0 aliphatic rings. The number of rotatable bonds is 5. The first-order valence-corrected chi connectivity index (χ1v) is 5.62. The topological polar surface area (TPSA) is 46.6 Å². The molecule has 0 saturated carbocycles. The van der Waals surface area contributed by atoms with E-state index in [1.807, 2.05) is 18.2 Å². The SMILES string of the molecule is C=CCN(C(C)=O)C(C(=O)OC)c1ccccc1. The van der Waals surface area contributed by atoms with Gasteiger partial charge in [-0.3, -0.25) is 4.79 Å². The van der Waals surface area contributed by atoms with Crippen molar-refractivity contribution in [2.45, 2.75) is 13.0 Å². The third-order valence-corrected chi connectivity index (χ3v) is 2.58. The van der Waals surface area contributed by atoms with Gasteiger partial charge in [0.05, 0.1) is 7.11 Å². The van der Waals surface area contributed by atoms with Gasteiger partial charge in [0.2, 0.25) is 5.91 Å². The van der Waals surface area contributed by atoms with Crippen LogP contribution in [0.15, 0.2) is 43.0 Å². The molecule has 0 bridgehead atoms. The molecule has 1 atom stereocenters. The number of amides is 1. The van der Waals surface area contributed by atoms with E-state index < -0.39 is 12.0 Å². The number of esters is 1. The van der Waals surface area contributed by atoms with Crippen LogP contribution in [0.5, 0.6) is 0 Å². The predicted molar refractivity (Wildman–Crippen MR) is 68.8 cm³/mol. The second-order valence-corrected chi connectivity index (χ2v) is 3.80. The van der Waals surface area contributed by atoms with Crippen molar-refractivity contribution in [2.24, 2.45) is 0 Å². The van der Waals surface area contributed by atoms with E-state index in [1.54, 1.807) is 18.2 Å². The molecule has 1 unspecified atom stereocenters. The van der Waals surface area contributed by atoms with Crippen LogP contribution in [0.3, 0.4) is 0 Å². The molecule has 0 aliphatic carbocycles. The van der Waals surface area contributed by atoms with Crippen LogP contribution in [-0.2, 0) is 14.3 Å². The fourth-order valence-electron chi connectivity index (χ4n) is 1.75. The molecule has 0 spiro atoms. The van der Waals surface area contributed by atoms with Crippen LogP contribution in [0.25, 0.3) is 0 Å². The first kappa shape index (κ1) is 14.0. The Morgan fingerprint density at radius 3 is 2.44 bits per heavy atom. The van der Waals surface area contributed by atoms with Crippen molar-refractivity contribution in [3.63, 3.8) is 0 Å². The minimum absolute atomic E-state index is 0.200. The van der Waals surface area contributed by atoms with Gasteiger partial charge in [0, 0.05) is 13.5 Å². The zero-order chi connectivity index (χ0) is 13.5. The van der Waals surface area contributed by atoms with Gasteiger partial charge in [0.15, 0.2) is 6.04 Å². The van der Waals surface area contributed by atoms with Gasteiger partial charge in [0.25, 0.3) is 0 Å². The molecule has 1 amide bonds. The van der Waals surface area contributed by atoms with Gasteiger partial charge >= 0.3 is 5.97 Å². The summed E-state index contributed by atoms with van der Waals surface area (Å²) >= 11 is 0. The molecule has 0 aromatic heterocycles. The first-order valence-electron chi connectivity index (χ1n) is 5.62. The number of carbonyl (C=O) groups is 2. The van der Waals surface area contributed by atoms with Crippen LogP contribution >= 0.6 is 0 Å². The zero-order valence-corrected chi connectivity index (χ0v) is 10.6. The second-order valence-electron chi connectivity index (χ2n) is 3.80. The Bertz CT molecular complexity index is 428. The second kappa shape index (κ2) is 6.59. The minimum atomic E-state index is -0.730. The molecular formula is C14H17NO3. The molecule has 0 saturated heterocycles. The molecule has 1 rings (SSSR count). The van der Waals surface area contributed by atoms with Crippen LogP contribution in [0.1, 0.15) is 18.5 Å². The Balaban J connectivity index is 3.15. The number of ether oxygens (including phenoxy) is 1. The molecule has 1 aromatic carbocycles. The maximum atomic E-state index is 11.9. The molecule has 0 N–H and O–H groups in total. The van der Waals surface area contributed by atoms with E-state index in [2.05, 4.69) is 6.58 Å². The average Bonchev–Trinajstić information content (AvgIpc) is 2.39. The fourth-order valence-corrected chi connectivity index (χ4v) is 1.75. The third kappa shape index (κ3) is 3.20. The lowest BCUT2D eigenvalue weighted by Gasteiger charge is -2.28. The van der Waals surface area contributed by atoms with Crippen molar-refractivity contribution in [3.8, 4) is 0 Å². The molecule has 18 heavy (non-hydrogen) atoms. The highest BCUT2D eigenvalue weighted by Crippen LogP contribution is 2.22. The standard InChI is InChI=1S/C14H17NO3/c1-4-10-15(11(2)16)13(14(17)18-3)12-8-6-5-7-9-12/h4-9,13H,1,10H2,2-3H3. The van der Waals surface area contributed by atoms with E-state index >= 15 is 0 Å². The number of benzene rings is 1. The first-order chi connectivity index (χ1) is 8.61. The summed E-state index contributed by atoms with van der Waals surface area (Å²) < 4.78 is 4.78. The van der Waals surface area contributed by atoms with Gasteiger partial charge in [-0.15, -0.1) is 6.58 Å². The Hall–Kier alpha value is -2.10. The summed E-state index contributed by atoms with van der Waals surface area (Å²) in [5.74, 6) is -0.660. The summed E-state index contributed by atoms with van der Waals surface area (Å²) in [5, 5.41) is 0. The third-order valence-electron chi connectivity index (χ3n) is 2.58. The van der Waals surface area contributed by atoms with Crippen molar-refractivity contribution < 1.29 is 14.3 Å². The fraction of sp³-hybridized carbons (Fsp3) is 0.286. The molecule has 0 radical (unpaired) electrons. The minimum Gasteiger partial charge on any atom is -0.467 e. The van der Waals surface area contributed by atoms with E-state index in [1.165, 1.54) is 18.9 Å². The molecule has 4 nitrogen and oxygen atoms in total. The van der Waals surface area contributed by atoms with Gasteiger partial charge in [-0.1, -0.05) is 36.4 Å². The Kier molecular flexibility index (Phi) is 5.11. The van der Waals surface area contributed by atoms with Gasteiger partial charge in [-0.2, -0.15) is 0 Å². The van der Waals surface area contributed by atoms with E-state index in [4.69, 9.17) is 4.74 Å². The highest BCUT2D eigenvalue weighted by Gasteiger charge is 2.29. The van der Waals surface area contributed by atoms with Crippen LogP contribution in [-0.4, -0.2) is 30.4 Å². The highest BCUT2D eigenvalue weighted by molar-refractivity contribution is 5.84. The maximum Gasteiger partial charge on any atom is 0.333 e.